The van der Waals surface area contributed by atoms with E-state index in [4.69, 9.17) is 18.0 Å². The summed E-state index contributed by atoms with van der Waals surface area (Å²) in [5.74, 6) is 1.05. The maximum atomic E-state index is 11.9. The maximum absolute atomic E-state index is 11.9. The normalized spacial score (nSPS) is 21.4. The molecule has 1 rings (SSSR count). The number of nitrogens with two attached hydrogens (primary N) is 1. The molecule has 1 heterocycles. The van der Waals surface area contributed by atoms with Crippen LogP contribution in [0.15, 0.2) is 0 Å². The summed E-state index contributed by atoms with van der Waals surface area (Å²) >= 11 is 4.85. The summed E-state index contributed by atoms with van der Waals surface area (Å²) in [6.07, 6.45) is 7.08. The summed E-state index contributed by atoms with van der Waals surface area (Å²) in [5, 5.41) is 0. The molecule has 0 spiro atoms. The first-order chi connectivity index (χ1) is 8.13. The Morgan fingerprint density at radius 3 is 2.94 bits per heavy atom. The smallest absolute Gasteiger partial charge is 0.222 e. The number of amides is 1. The van der Waals surface area contributed by atoms with Gasteiger partial charge in [-0.2, -0.15) is 0 Å². The van der Waals surface area contributed by atoms with Gasteiger partial charge in [-0.05, 0) is 31.6 Å². The molecule has 2 N–H and O–H groups in total. The molecule has 0 aromatic rings. The minimum Gasteiger partial charge on any atom is -0.393 e. The molecule has 0 aromatic heterocycles. The molecule has 17 heavy (non-hydrogen) atoms. The Bertz CT molecular complexity index is 268. The lowest BCUT2D eigenvalue weighted by Crippen LogP contribution is -2.31. The van der Waals surface area contributed by atoms with Gasteiger partial charge in [-0.3, -0.25) is 4.79 Å². The van der Waals surface area contributed by atoms with Crippen molar-refractivity contribution in [3.05, 3.63) is 0 Å². The van der Waals surface area contributed by atoms with Gasteiger partial charge in [-0.25, -0.2) is 0 Å². The number of carbonyl (C=O) groups is 1. The summed E-state index contributed by atoms with van der Waals surface area (Å²) in [7, 11) is 0. The van der Waals surface area contributed by atoms with Crippen LogP contribution in [-0.4, -0.2) is 28.9 Å². The molecule has 1 saturated heterocycles. The highest BCUT2D eigenvalue weighted by Gasteiger charge is 2.21. The Labute approximate surface area is 110 Å². The van der Waals surface area contributed by atoms with Crippen LogP contribution in [0.5, 0.6) is 0 Å². The largest absolute Gasteiger partial charge is 0.393 e. The van der Waals surface area contributed by atoms with E-state index in [2.05, 4.69) is 6.92 Å². The first-order valence-corrected chi connectivity index (χ1v) is 7.10. The van der Waals surface area contributed by atoms with E-state index in [-0.39, 0.29) is 0 Å². The van der Waals surface area contributed by atoms with Crippen molar-refractivity contribution in [1.82, 2.24) is 4.90 Å². The Morgan fingerprint density at radius 2 is 2.29 bits per heavy atom. The monoisotopic (exact) mass is 256 g/mol. The first-order valence-electron chi connectivity index (χ1n) is 6.69. The molecular formula is C13H24N2OS. The minimum atomic E-state index is 0.312. The Morgan fingerprint density at radius 1 is 1.53 bits per heavy atom. The third kappa shape index (κ3) is 5.48. The topological polar surface area (TPSA) is 46.3 Å². The second-order valence-corrected chi connectivity index (χ2v) is 5.46. The molecule has 0 aromatic carbocycles. The van der Waals surface area contributed by atoms with E-state index < -0.39 is 0 Å². The lowest BCUT2D eigenvalue weighted by molar-refractivity contribution is -0.130. The van der Waals surface area contributed by atoms with Crippen LogP contribution in [0.25, 0.3) is 0 Å². The lowest BCUT2D eigenvalue weighted by atomic mass is 9.96. The molecule has 1 amide bonds. The number of nitrogens with zero attached hydrogens (tertiary/aromatic N) is 1. The lowest BCUT2D eigenvalue weighted by Gasteiger charge is -2.20. The van der Waals surface area contributed by atoms with Crippen molar-refractivity contribution in [3.8, 4) is 0 Å². The highest BCUT2D eigenvalue weighted by atomic mass is 32.1. The van der Waals surface area contributed by atoms with E-state index in [0.29, 0.717) is 10.9 Å². The number of likely N-dealkylation sites (tertiary alicyclic amines) is 1. The molecule has 1 unspecified atom stereocenters. The van der Waals surface area contributed by atoms with Gasteiger partial charge in [0.25, 0.3) is 0 Å². The third-order valence-corrected chi connectivity index (χ3v) is 3.68. The van der Waals surface area contributed by atoms with E-state index >= 15 is 0 Å². The summed E-state index contributed by atoms with van der Waals surface area (Å²) in [5.41, 5.74) is 5.46. The summed E-state index contributed by atoms with van der Waals surface area (Å²) in [4.78, 5) is 14.4. The standard InChI is InChI=1S/C13H24N2OS/c1-2-4-11-6-7-13(16)15(10-8-11)9-3-5-12(14)17/h11H,2-10H2,1H3,(H2,14,17). The molecule has 1 fully saturated rings. The van der Waals surface area contributed by atoms with E-state index in [1.807, 2.05) is 4.90 Å². The number of hydrogen-bond donors (Lipinski definition) is 1. The van der Waals surface area contributed by atoms with Gasteiger partial charge in [0.1, 0.15) is 0 Å². The molecule has 1 atom stereocenters. The van der Waals surface area contributed by atoms with Crippen molar-refractivity contribution >= 4 is 23.1 Å². The van der Waals surface area contributed by atoms with Crippen molar-refractivity contribution in [1.29, 1.82) is 0 Å². The van der Waals surface area contributed by atoms with Gasteiger partial charge in [0.15, 0.2) is 0 Å². The van der Waals surface area contributed by atoms with Gasteiger partial charge in [0.2, 0.25) is 5.91 Å². The Balaban J connectivity index is 2.34. The van der Waals surface area contributed by atoms with Gasteiger partial charge in [0.05, 0.1) is 4.99 Å². The fraction of sp³-hybridized carbons (Fsp3) is 0.846. The van der Waals surface area contributed by atoms with Crippen LogP contribution < -0.4 is 5.73 Å². The van der Waals surface area contributed by atoms with Crippen LogP contribution in [0.3, 0.4) is 0 Å². The zero-order valence-corrected chi connectivity index (χ0v) is 11.6. The van der Waals surface area contributed by atoms with E-state index in [9.17, 15) is 4.79 Å². The molecule has 0 radical (unpaired) electrons. The summed E-state index contributed by atoms with van der Waals surface area (Å²) in [6.45, 7) is 3.95. The van der Waals surface area contributed by atoms with Crippen molar-refractivity contribution in [2.24, 2.45) is 11.7 Å². The molecule has 3 nitrogen and oxygen atoms in total. The minimum absolute atomic E-state index is 0.312. The van der Waals surface area contributed by atoms with Crippen molar-refractivity contribution in [3.63, 3.8) is 0 Å². The van der Waals surface area contributed by atoms with Crippen LogP contribution >= 0.6 is 12.2 Å². The average Bonchev–Trinajstić information content (AvgIpc) is 2.44. The SMILES string of the molecule is CCCC1CCC(=O)N(CCCC(N)=S)CC1. The molecule has 0 bridgehead atoms. The number of rotatable bonds is 6. The molecule has 1 aliphatic rings. The zero-order chi connectivity index (χ0) is 12.7. The molecular weight excluding hydrogens is 232 g/mol. The first kappa shape index (κ1) is 14.4. The fourth-order valence-corrected chi connectivity index (χ4v) is 2.62. The molecule has 98 valence electrons. The second kappa shape index (κ2) is 7.64. The zero-order valence-electron chi connectivity index (χ0n) is 10.8. The summed E-state index contributed by atoms with van der Waals surface area (Å²) in [6, 6.07) is 0. The predicted octanol–water partition coefficient (Wildman–Crippen LogP) is 2.48. The van der Waals surface area contributed by atoms with Crippen molar-refractivity contribution in [2.45, 2.75) is 51.9 Å². The van der Waals surface area contributed by atoms with Crippen LogP contribution in [0, 0.1) is 5.92 Å². The van der Waals surface area contributed by atoms with Gasteiger partial charge in [-0.1, -0.05) is 32.0 Å². The fourth-order valence-electron chi connectivity index (χ4n) is 2.47. The van der Waals surface area contributed by atoms with Gasteiger partial charge >= 0.3 is 0 Å². The molecule has 0 saturated carbocycles. The van der Waals surface area contributed by atoms with Gasteiger partial charge in [-0.15, -0.1) is 0 Å². The Kier molecular flexibility index (Phi) is 6.48. The third-order valence-electron chi connectivity index (χ3n) is 3.47. The van der Waals surface area contributed by atoms with Crippen LogP contribution in [0.2, 0.25) is 0 Å². The van der Waals surface area contributed by atoms with E-state index in [1.54, 1.807) is 0 Å². The van der Waals surface area contributed by atoms with Crippen LogP contribution in [-0.2, 0) is 4.79 Å². The molecule has 4 heteroatoms. The van der Waals surface area contributed by atoms with E-state index in [0.717, 1.165) is 51.1 Å². The Hall–Kier alpha value is -0.640. The predicted molar refractivity (Wildman–Crippen MR) is 74.8 cm³/mol. The second-order valence-electron chi connectivity index (χ2n) is 4.93. The van der Waals surface area contributed by atoms with Crippen molar-refractivity contribution in [2.75, 3.05) is 13.1 Å². The summed E-state index contributed by atoms with van der Waals surface area (Å²) < 4.78 is 0. The average molecular weight is 256 g/mol. The van der Waals surface area contributed by atoms with Gasteiger partial charge < -0.3 is 10.6 Å². The number of hydrogen-bond acceptors (Lipinski definition) is 2. The van der Waals surface area contributed by atoms with Gasteiger partial charge in [0, 0.05) is 19.5 Å². The molecule has 0 aliphatic carbocycles. The van der Waals surface area contributed by atoms with E-state index in [1.165, 1.54) is 12.8 Å². The maximum Gasteiger partial charge on any atom is 0.222 e. The van der Waals surface area contributed by atoms with Crippen LogP contribution in [0.1, 0.15) is 51.9 Å². The van der Waals surface area contributed by atoms with Crippen molar-refractivity contribution < 1.29 is 4.79 Å². The molecule has 1 aliphatic heterocycles. The highest BCUT2D eigenvalue weighted by molar-refractivity contribution is 7.80. The number of thiocarbonyl (C=S) groups is 1. The highest BCUT2D eigenvalue weighted by Crippen LogP contribution is 2.22. The quantitative estimate of drug-likeness (QED) is 0.743. The number of carbonyl (C=O) groups excluding carboxylic acids is 1. The van der Waals surface area contributed by atoms with Crippen LogP contribution in [0.4, 0.5) is 0 Å².